The molecule has 1 saturated carbocycles. The Balaban J connectivity index is 1.73. The molecule has 3 nitrogen and oxygen atoms in total. The van der Waals surface area contributed by atoms with Crippen molar-refractivity contribution in [3.05, 3.63) is 16.1 Å². The largest absolute Gasteiger partial charge is 0.388 e. The molecule has 1 aromatic rings. The maximum absolute atomic E-state index is 10.0. The monoisotopic (exact) mass is 272 g/mol. The molecule has 1 atom stereocenters. The minimum Gasteiger partial charge on any atom is -0.388 e. The van der Waals surface area contributed by atoms with Gasteiger partial charge in [0.2, 0.25) is 0 Å². The van der Waals surface area contributed by atoms with Gasteiger partial charge in [-0.1, -0.05) is 0 Å². The van der Waals surface area contributed by atoms with Crippen molar-refractivity contribution < 1.29 is 5.11 Å². The third-order valence-corrected chi connectivity index (χ3v) is 4.83. The Bertz CT molecular complexity index is 361. The normalized spacial score (nSPS) is 19.2. The van der Waals surface area contributed by atoms with E-state index in [0.717, 1.165) is 18.2 Å². The lowest BCUT2D eigenvalue weighted by molar-refractivity contribution is 0.0846. The summed E-state index contributed by atoms with van der Waals surface area (Å²) in [6.45, 7) is 3.32. The molecule has 0 amide bonds. The van der Waals surface area contributed by atoms with Crippen LogP contribution in [0.25, 0.3) is 0 Å². The fourth-order valence-electron chi connectivity index (χ4n) is 1.74. The molecule has 1 aliphatic carbocycles. The van der Waals surface area contributed by atoms with E-state index in [-0.39, 0.29) is 0 Å². The SMILES string of the molecule is CSCC(C)(O)CNCc1cnc(C2CC2)s1. The molecular weight excluding hydrogens is 252 g/mol. The standard InChI is InChI=1S/C12H20N2OS2/c1-12(15,8-16-2)7-13-5-10-6-14-11(17-10)9-3-4-9/h6,9,13,15H,3-5,7-8H2,1-2H3. The third-order valence-electron chi connectivity index (χ3n) is 2.76. The molecule has 1 aliphatic rings. The second-order valence-corrected chi connectivity index (χ2v) is 6.99. The topological polar surface area (TPSA) is 45.1 Å². The van der Waals surface area contributed by atoms with Crippen molar-refractivity contribution in [3.8, 4) is 0 Å². The van der Waals surface area contributed by atoms with E-state index < -0.39 is 5.60 Å². The summed E-state index contributed by atoms with van der Waals surface area (Å²) < 4.78 is 0. The van der Waals surface area contributed by atoms with Crippen LogP contribution in [-0.2, 0) is 6.54 Å². The summed E-state index contributed by atoms with van der Waals surface area (Å²) in [7, 11) is 0. The molecule has 0 saturated heterocycles. The molecule has 0 aliphatic heterocycles. The highest BCUT2D eigenvalue weighted by Crippen LogP contribution is 2.41. The van der Waals surface area contributed by atoms with Crippen LogP contribution in [0.4, 0.5) is 0 Å². The van der Waals surface area contributed by atoms with Crippen LogP contribution in [0.1, 0.15) is 35.6 Å². The first-order valence-electron chi connectivity index (χ1n) is 5.97. The van der Waals surface area contributed by atoms with E-state index in [9.17, 15) is 5.11 Å². The molecule has 0 radical (unpaired) electrons. The molecular formula is C12H20N2OS2. The molecule has 0 bridgehead atoms. The van der Waals surface area contributed by atoms with Gasteiger partial charge in [-0.05, 0) is 26.0 Å². The Morgan fingerprint density at radius 1 is 1.65 bits per heavy atom. The first-order valence-corrected chi connectivity index (χ1v) is 8.18. The number of thiazole rings is 1. The molecule has 17 heavy (non-hydrogen) atoms. The number of rotatable bonds is 7. The van der Waals surface area contributed by atoms with Crippen molar-refractivity contribution in [1.82, 2.24) is 10.3 Å². The fourth-order valence-corrected chi connectivity index (χ4v) is 3.52. The number of aromatic nitrogens is 1. The van der Waals surface area contributed by atoms with E-state index in [1.807, 2.05) is 19.4 Å². The number of hydrogen-bond acceptors (Lipinski definition) is 5. The van der Waals surface area contributed by atoms with Gasteiger partial charge in [0, 0.05) is 35.8 Å². The van der Waals surface area contributed by atoms with Crippen LogP contribution in [0, 0.1) is 0 Å². The van der Waals surface area contributed by atoms with Crippen LogP contribution in [0.15, 0.2) is 6.20 Å². The smallest absolute Gasteiger partial charge is 0.0959 e. The van der Waals surface area contributed by atoms with Crippen molar-refractivity contribution in [1.29, 1.82) is 0 Å². The summed E-state index contributed by atoms with van der Waals surface area (Å²) in [5.74, 6) is 1.50. The van der Waals surface area contributed by atoms with Crippen molar-refractivity contribution in [2.24, 2.45) is 0 Å². The summed E-state index contributed by atoms with van der Waals surface area (Å²) >= 11 is 3.48. The molecule has 1 fully saturated rings. The minimum absolute atomic E-state index is 0.622. The van der Waals surface area contributed by atoms with E-state index in [0.29, 0.717) is 6.54 Å². The second kappa shape index (κ2) is 5.69. The maximum Gasteiger partial charge on any atom is 0.0959 e. The summed E-state index contributed by atoms with van der Waals surface area (Å²) in [6, 6.07) is 0. The zero-order valence-electron chi connectivity index (χ0n) is 10.4. The summed E-state index contributed by atoms with van der Waals surface area (Å²) in [6.07, 6.45) is 6.60. The molecule has 5 heteroatoms. The number of thioether (sulfide) groups is 1. The predicted molar refractivity (Wildman–Crippen MR) is 74.8 cm³/mol. The lowest BCUT2D eigenvalue weighted by Gasteiger charge is -2.22. The number of aliphatic hydroxyl groups is 1. The van der Waals surface area contributed by atoms with Crippen molar-refractivity contribution in [2.75, 3.05) is 18.6 Å². The Labute approximate surface area is 111 Å². The van der Waals surface area contributed by atoms with Gasteiger partial charge in [0.25, 0.3) is 0 Å². The maximum atomic E-state index is 10.0. The molecule has 2 rings (SSSR count). The van der Waals surface area contributed by atoms with Crippen LogP contribution >= 0.6 is 23.1 Å². The quantitative estimate of drug-likeness (QED) is 0.799. The molecule has 96 valence electrons. The van der Waals surface area contributed by atoms with E-state index in [2.05, 4.69) is 10.3 Å². The van der Waals surface area contributed by atoms with Gasteiger partial charge >= 0.3 is 0 Å². The lowest BCUT2D eigenvalue weighted by atomic mass is 10.1. The van der Waals surface area contributed by atoms with Crippen LogP contribution < -0.4 is 5.32 Å². The summed E-state index contributed by atoms with van der Waals surface area (Å²) in [5.41, 5.74) is -0.622. The lowest BCUT2D eigenvalue weighted by Crippen LogP contribution is -2.39. The number of nitrogens with zero attached hydrogens (tertiary/aromatic N) is 1. The minimum atomic E-state index is -0.622. The van der Waals surface area contributed by atoms with E-state index >= 15 is 0 Å². The molecule has 0 aromatic carbocycles. The van der Waals surface area contributed by atoms with Gasteiger partial charge in [-0.3, -0.25) is 0 Å². The Hall–Kier alpha value is -0.100. The van der Waals surface area contributed by atoms with Crippen molar-refractivity contribution in [2.45, 2.75) is 37.8 Å². The van der Waals surface area contributed by atoms with E-state index in [4.69, 9.17) is 0 Å². The number of hydrogen-bond donors (Lipinski definition) is 2. The van der Waals surface area contributed by atoms with Gasteiger partial charge in [-0.25, -0.2) is 4.98 Å². The van der Waals surface area contributed by atoms with E-state index in [1.54, 1.807) is 23.1 Å². The molecule has 0 spiro atoms. The van der Waals surface area contributed by atoms with Crippen molar-refractivity contribution in [3.63, 3.8) is 0 Å². The van der Waals surface area contributed by atoms with Crippen LogP contribution in [-0.4, -0.2) is 34.2 Å². The zero-order chi connectivity index (χ0) is 12.3. The van der Waals surface area contributed by atoms with Crippen molar-refractivity contribution >= 4 is 23.1 Å². The van der Waals surface area contributed by atoms with Gasteiger partial charge in [-0.2, -0.15) is 11.8 Å². The molecule has 1 heterocycles. The van der Waals surface area contributed by atoms with E-state index in [1.165, 1.54) is 22.7 Å². The highest BCUT2D eigenvalue weighted by Gasteiger charge is 2.26. The van der Waals surface area contributed by atoms with Gasteiger partial charge in [0.15, 0.2) is 0 Å². The molecule has 1 unspecified atom stereocenters. The van der Waals surface area contributed by atoms with Crippen LogP contribution in [0.2, 0.25) is 0 Å². The number of nitrogens with one attached hydrogen (secondary N) is 1. The summed E-state index contributed by atoms with van der Waals surface area (Å²) in [4.78, 5) is 5.71. The fraction of sp³-hybridized carbons (Fsp3) is 0.750. The highest BCUT2D eigenvalue weighted by atomic mass is 32.2. The first kappa shape index (κ1) is 13.3. The Morgan fingerprint density at radius 3 is 3.06 bits per heavy atom. The van der Waals surface area contributed by atoms with Gasteiger partial charge in [0.05, 0.1) is 10.6 Å². The first-order chi connectivity index (χ1) is 8.11. The predicted octanol–water partition coefficient (Wildman–Crippen LogP) is 2.22. The average molecular weight is 272 g/mol. The Kier molecular flexibility index (Phi) is 4.47. The van der Waals surface area contributed by atoms with Crippen LogP contribution in [0.3, 0.4) is 0 Å². The zero-order valence-corrected chi connectivity index (χ0v) is 12.0. The highest BCUT2D eigenvalue weighted by molar-refractivity contribution is 7.98. The molecule has 1 aromatic heterocycles. The average Bonchev–Trinajstić information content (AvgIpc) is 2.99. The third kappa shape index (κ3) is 4.25. The summed E-state index contributed by atoms with van der Waals surface area (Å²) in [5, 5.41) is 14.6. The molecule has 2 N–H and O–H groups in total. The Morgan fingerprint density at radius 2 is 2.41 bits per heavy atom. The van der Waals surface area contributed by atoms with Gasteiger partial charge < -0.3 is 10.4 Å². The second-order valence-electron chi connectivity index (χ2n) is 4.97. The van der Waals surface area contributed by atoms with Gasteiger partial charge in [-0.15, -0.1) is 11.3 Å². The van der Waals surface area contributed by atoms with Crippen LogP contribution in [0.5, 0.6) is 0 Å². The van der Waals surface area contributed by atoms with Gasteiger partial charge in [0.1, 0.15) is 0 Å².